The fourth-order valence-electron chi connectivity index (χ4n) is 3.32. The van der Waals surface area contributed by atoms with Gasteiger partial charge in [0, 0.05) is 24.9 Å². The fourth-order valence-corrected chi connectivity index (χ4v) is 3.32. The molecule has 0 saturated carbocycles. The predicted molar refractivity (Wildman–Crippen MR) is 105 cm³/mol. The van der Waals surface area contributed by atoms with Crippen LogP contribution in [0, 0.1) is 6.92 Å². The maximum atomic E-state index is 12.8. The summed E-state index contributed by atoms with van der Waals surface area (Å²) in [5.41, 5.74) is 2.71. The Morgan fingerprint density at radius 1 is 1.19 bits per heavy atom. The van der Waals surface area contributed by atoms with E-state index in [9.17, 15) is 4.79 Å². The summed E-state index contributed by atoms with van der Waals surface area (Å²) in [5, 5.41) is 3.13. The molecule has 0 bridgehead atoms. The smallest absolute Gasteiger partial charge is 0.338 e. The van der Waals surface area contributed by atoms with Gasteiger partial charge in [-0.25, -0.2) is 4.79 Å². The van der Waals surface area contributed by atoms with E-state index in [0.717, 1.165) is 22.6 Å². The second-order valence-corrected chi connectivity index (χ2v) is 7.28. The zero-order valence-electron chi connectivity index (χ0n) is 16.5. The molecule has 1 aliphatic rings. The molecule has 0 amide bonds. The highest BCUT2D eigenvalue weighted by atomic mass is 16.6. The minimum Gasteiger partial charge on any atom is -0.483 e. The number of carbonyl (C=O) groups excluding carboxylic acids is 1. The van der Waals surface area contributed by atoms with Crippen LogP contribution in [-0.2, 0) is 9.47 Å². The Morgan fingerprint density at radius 3 is 2.52 bits per heavy atom. The third-order valence-corrected chi connectivity index (χ3v) is 4.81. The van der Waals surface area contributed by atoms with Crippen molar-refractivity contribution in [1.82, 2.24) is 0 Å². The molecule has 0 saturated heterocycles. The van der Waals surface area contributed by atoms with Gasteiger partial charge in [-0.3, -0.25) is 0 Å². The van der Waals surface area contributed by atoms with Crippen molar-refractivity contribution in [3.05, 3.63) is 59.2 Å². The van der Waals surface area contributed by atoms with Crippen LogP contribution >= 0.6 is 0 Å². The summed E-state index contributed by atoms with van der Waals surface area (Å²) < 4.78 is 18.1. The highest BCUT2D eigenvalue weighted by molar-refractivity contribution is 5.89. The molecule has 0 aromatic heterocycles. The average molecular weight is 369 g/mol. The predicted octanol–water partition coefficient (Wildman–Crippen LogP) is 4.51. The molecule has 5 nitrogen and oxygen atoms in total. The van der Waals surface area contributed by atoms with Crippen LogP contribution in [0.5, 0.6) is 5.75 Å². The highest BCUT2D eigenvalue weighted by Gasteiger charge is 2.47. The van der Waals surface area contributed by atoms with Gasteiger partial charge in [-0.2, -0.15) is 0 Å². The topological polar surface area (TPSA) is 56.8 Å². The lowest BCUT2D eigenvalue weighted by atomic mass is 9.87. The molecule has 144 valence electrons. The quantitative estimate of drug-likeness (QED) is 0.786. The first-order valence-electron chi connectivity index (χ1n) is 9.25. The summed E-state index contributed by atoms with van der Waals surface area (Å²) in [6.45, 7) is 8.25. The number of benzene rings is 2. The van der Waals surface area contributed by atoms with Crippen molar-refractivity contribution in [3.8, 4) is 5.75 Å². The number of fused-ring (bicyclic) bond motifs is 1. The number of hydrogen-bond acceptors (Lipinski definition) is 5. The van der Waals surface area contributed by atoms with Gasteiger partial charge in [-0.15, -0.1) is 0 Å². The molecule has 2 atom stereocenters. The number of rotatable bonds is 5. The van der Waals surface area contributed by atoms with E-state index in [2.05, 4.69) is 5.32 Å². The van der Waals surface area contributed by atoms with Crippen LogP contribution in [0.4, 0.5) is 5.69 Å². The maximum Gasteiger partial charge on any atom is 0.338 e. The van der Waals surface area contributed by atoms with Crippen LogP contribution in [0.3, 0.4) is 0 Å². The lowest BCUT2D eigenvalue weighted by Gasteiger charge is -2.43. The van der Waals surface area contributed by atoms with Crippen LogP contribution in [0.25, 0.3) is 0 Å². The molecule has 1 N–H and O–H groups in total. The van der Waals surface area contributed by atoms with Crippen molar-refractivity contribution >= 4 is 11.7 Å². The zero-order valence-corrected chi connectivity index (χ0v) is 16.5. The Balaban J connectivity index is 1.95. The van der Waals surface area contributed by atoms with Gasteiger partial charge in [0.25, 0.3) is 0 Å². The molecule has 0 aliphatic carbocycles. The molecule has 27 heavy (non-hydrogen) atoms. The van der Waals surface area contributed by atoms with E-state index in [-0.39, 0.29) is 5.97 Å². The Bertz CT molecular complexity index is 814. The Morgan fingerprint density at radius 2 is 1.89 bits per heavy atom. The van der Waals surface area contributed by atoms with Crippen molar-refractivity contribution in [2.24, 2.45) is 0 Å². The molecule has 3 rings (SSSR count). The number of carbonyl (C=O) groups is 1. The summed E-state index contributed by atoms with van der Waals surface area (Å²) in [6, 6.07) is 13.2. The fraction of sp³-hybridized carbons (Fsp3) is 0.409. The number of hydrogen-bond donors (Lipinski definition) is 1. The minimum absolute atomic E-state index is 0.380. The first-order valence-corrected chi connectivity index (χ1v) is 9.25. The van der Waals surface area contributed by atoms with E-state index in [4.69, 9.17) is 14.2 Å². The van der Waals surface area contributed by atoms with Crippen LogP contribution in [0.2, 0.25) is 0 Å². The normalized spacial score (nSPS) is 20.3. The summed E-state index contributed by atoms with van der Waals surface area (Å²) in [4.78, 5) is 12.8. The van der Waals surface area contributed by atoms with Crippen molar-refractivity contribution < 1.29 is 19.0 Å². The molecule has 1 aliphatic heterocycles. The van der Waals surface area contributed by atoms with Gasteiger partial charge in [0.2, 0.25) is 0 Å². The molecule has 0 fully saturated rings. The van der Waals surface area contributed by atoms with E-state index in [0.29, 0.717) is 12.2 Å². The number of ether oxygens (including phenoxy) is 3. The summed E-state index contributed by atoms with van der Waals surface area (Å²) >= 11 is 0. The summed E-state index contributed by atoms with van der Waals surface area (Å²) in [5.74, 6) is 0.370. The molecule has 0 radical (unpaired) electrons. The van der Waals surface area contributed by atoms with Crippen molar-refractivity contribution in [2.75, 3.05) is 19.0 Å². The van der Waals surface area contributed by atoms with E-state index >= 15 is 0 Å². The van der Waals surface area contributed by atoms with Gasteiger partial charge < -0.3 is 19.5 Å². The molecular weight excluding hydrogens is 342 g/mol. The summed E-state index contributed by atoms with van der Waals surface area (Å²) in [7, 11) is 1.86. The van der Waals surface area contributed by atoms with Gasteiger partial charge in [0.05, 0.1) is 5.56 Å². The largest absolute Gasteiger partial charge is 0.483 e. The van der Waals surface area contributed by atoms with Crippen molar-refractivity contribution in [2.45, 2.75) is 45.5 Å². The van der Waals surface area contributed by atoms with Gasteiger partial charge in [-0.05, 0) is 58.0 Å². The minimum atomic E-state index is -0.728. The first kappa shape index (κ1) is 19.2. The monoisotopic (exact) mass is 369 g/mol. The van der Waals surface area contributed by atoms with Gasteiger partial charge in [-0.1, -0.05) is 17.7 Å². The molecule has 2 aromatic carbocycles. The van der Waals surface area contributed by atoms with E-state index < -0.39 is 17.8 Å². The molecule has 0 spiro atoms. The van der Waals surface area contributed by atoms with Crippen LogP contribution < -0.4 is 10.1 Å². The van der Waals surface area contributed by atoms with E-state index in [1.54, 1.807) is 12.1 Å². The maximum absolute atomic E-state index is 12.8. The van der Waals surface area contributed by atoms with Crippen LogP contribution in [0.15, 0.2) is 42.5 Å². The highest BCUT2D eigenvalue weighted by Crippen LogP contribution is 2.44. The van der Waals surface area contributed by atoms with Crippen molar-refractivity contribution in [1.29, 1.82) is 0 Å². The molecule has 1 heterocycles. The third-order valence-electron chi connectivity index (χ3n) is 4.81. The second-order valence-electron chi connectivity index (χ2n) is 7.28. The third kappa shape index (κ3) is 3.93. The lowest BCUT2D eigenvalue weighted by Crippen LogP contribution is -2.51. The lowest BCUT2D eigenvalue weighted by molar-refractivity contribution is -0.137. The Hall–Kier alpha value is -2.53. The number of esters is 1. The van der Waals surface area contributed by atoms with Gasteiger partial charge in [0.1, 0.15) is 17.5 Å². The summed E-state index contributed by atoms with van der Waals surface area (Å²) in [6.07, 6.45) is -0.984. The molecule has 2 aromatic rings. The van der Waals surface area contributed by atoms with Gasteiger partial charge in [0.15, 0.2) is 6.10 Å². The Labute approximate surface area is 160 Å². The van der Waals surface area contributed by atoms with Crippen LogP contribution in [0.1, 0.15) is 48.4 Å². The SMILES string of the molecule is CCOC1c2cc(NC)ccc2OC(C)(C)C1OC(=O)c1ccc(C)cc1. The zero-order chi connectivity index (χ0) is 19.6. The second kappa shape index (κ2) is 7.61. The van der Waals surface area contributed by atoms with E-state index in [1.165, 1.54) is 0 Å². The Kier molecular flexibility index (Phi) is 5.42. The molecule has 2 unspecified atom stereocenters. The number of anilines is 1. The average Bonchev–Trinajstić information content (AvgIpc) is 2.64. The first-order chi connectivity index (χ1) is 12.9. The molecular formula is C22H27NO4. The van der Waals surface area contributed by atoms with Gasteiger partial charge >= 0.3 is 5.97 Å². The van der Waals surface area contributed by atoms with Crippen molar-refractivity contribution in [3.63, 3.8) is 0 Å². The number of aryl methyl sites for hydroxylation is 1. The molecule has 5 heteroatoms. The van der Waals surface area contributed by atoms with Crippen LogP contribution in [-0.4, -0.2) is 31.3 Å². The standard InChI is InChI=1S/C22H27NO4/c1-6-25-19-17-13-16(23-5)11-12-18(17)27-22(3,4)20(19)26-21(24)15-9-7-14(2)8-10-15/h7-13,19-20,23H,6H2,1-5H3. The number of nitrogens with one attached hydrogen (secondary N) is 1. The van der Waals surface area contributed by atoms with E-state index in [1.807, 2.05) is 65.1 Å².